The molecule has 0 radical (unpaired) electrons. The zero-order chi connectivity index (χ0) is 13.2. The number of nitrogens with one attached hydrogen (secondary N) is 1. The number of rotatable bonds is 7. The van der Waals surface area contributed by atoms with Gasteiger partial charge in [0.1, 0.15) is 0 Å². The summed E-state index contributed by atoms with van der Waals surface area (Å²) in [7, 11) is 0. The number of benzene rings is 1. The SMILES string of the molecule is CCCCCC(=O)NN=C(CC)c1ccccc1. The monoisotopic (exact) mass is 246 g/mol. The van der Waals surface area contributed by atoms with E-state index >= 15 is 0 Å². The molecule has 0 aliphatic rings. The Morgan fingerprint density at radius 1 is 1.17 bits per heavy atom. The highest BCUT2D eigenvalue weighted by atomic mass is 16.2. The minimum Gasteiger partial charge on any atom is -0.273 e. The largest absolute Gasteiger partial charge is 0.273 e. The molecule has 0 unspecified atom stereocenters. The highest BCUT2D eigenvalue weighted by Crippen LogP contribution is 2.04. The Morgan fingerprint density at radius 2 is 1.89 bits per heavy atom. The Labute approximate surface area is 109 Å². The molecular formula is C15H22N2O. The number of carbonyl (C=O) groups excluding carboxylic acids is 1. The van der Waals surface area contributed by atoms with Crippen LogP contribution < -0.4 is 5.43 Å². The molecule has 1 rings (SSSR count). The van der Waals surface area contributed by atoms with E-state index in [4.69, 9.17) is 0 Å². The first-order valence-corrected chi connectivity index (χ1v) is 6.68. The van der Waals surface area contributed by atoms with E-state index in [1.807, 2.05) is 37.3 Å². The van der Waals surface area contributed by atoms with Crippen LogP contribution in [0.1, 0.15) is 51.5 Å². The first kappa shape index (κ1) is 14.4. The summed E-state index contributed by atoms with van der Waals surface area (Å²) in [5, 5.41) is 4.21. The van der Waals surface area contributed by atoms with Gasteiger partial charge in [0, 0.05) is 6.42 Å². The number of nitrogens with zero attached hydrogens (tertiary/aromatic N) is 1. The number of hydrazone groups is 1. The quantitative estimate of drug-likeness (QED) is 0.446. The van der Waals surface area contributed by atoms with E-state index in [-0.39, 0.29) is 5.91 Å². The second-order valence-corrected chi connectivity index (χ2v) is 4.27. The van der Waals surface area contributed by atoms with Crippen molar-refractivity contribution in [2.24, 2.45) is 5.10 Å². The second-order valence-electron chi connectivity index (χ2n) is 4.27. The van der Waals surface area contributed by atoms with Gasteiger partial charge in [0.15, 0.2) is 0 Å². The van der Waals surface area contributed by atoms with Crippen molar-refractivity contribution < 1.29 is 4.79 Å². The Bertz CT molecular complexity index is 385. The van der Waals surface area contributed by atoms with E-state index in [2.05, 4.69) is 17.5 Å². The summed E-state index contributed by atoms with van der Waals surface area (Å²) in [5.74, 6) is 0.00494. The molecule has 1 N–H and O–H groups in total. The molecule has 0 fully saturated rings. The van der Waals surface area contributed by atoms with Gasteiger partial charge in [0.2, 0.25) is 5.91 Å². The van der Waals surface area contributed by atoms with E-state index in [0.717, 1.165) is 37.0 Å². The number of unbranched alkanes of at least 4 members (excludes halogenated alkanes) is 2. The van der Waals surface area contributed by atoms with Crippen molar-refractivity contribution in [1.82, 2.24) is 5.43 Å². The molecular weight excluding hydrogens is 224 g/mol. The number of carbonyl (C=O) groups is 1. The lowest BCUT2D eigenvalue weighted by Crippen LogP contribution is -2.19. The van der Waals surface area contributed by atoms with Crippen LogP contribution in [0, 0.1) is 0 Å². The van der Waals surface area contributed by atoms with Gasteiger partial charge in [0.05, 0.1) is 5.71 Å². The lowest BCUT2D eigenvalue weighted by molar-refractivity contribution is -0.121. The van der Waals surface area contributed by atoms with Crippen LogP contribution in [0.15, 0.2) is 35.4 Å². The van der Waals surface area contributed by atoms with Crippen molar-refractivity contribution in [2.45, 2.75) is 46.0 Å². The lowest BCUT2D eigenvalue weighted by atomic mass is 10.1. The van der Waals surface area contributed by atoms with Gasteiger partial charge in [-0.3, -0.25) is 4.79 Å². The molecule has 0 saturated heterocycles. The van der Waals surface area contributed by atoms with Gasteiger partial charge < -0.3 is 0 Å². The number of amides is 1. The maximum Gasteiger partial charge on any atom is 0.240 e. The van der Waals surface area contributed by atoms with E-state index in [1.165, 1.54) is 0 Å². The molecule has 0 spiro atoms. The van der Waals surface area contributed by atoms with E-state index < -0.39 is 0 Å². The molecule has 1 aromatic rings. The summed E-state index contributed by atoms with van der Waals surface area (Å²) < 4.78 is 0. The fourth-order valence-corrected chi connectivity index (χ4v) is 1.70. The van der Waals surface area contributed by atoms with Gasteiger partial charge in [-0.1, -0.05) is 57.0 Å². The van der Waals surface area contributed by atoms with Crippen LogP contribution in [0.5, 0.6) is 0 Å². The maximum atomic E-state index is 11.6. The molecule has 0 heterocycles. The summed E-state index contributed by atoms with van der Waals surface area (Å²) >= 11 is 0. The van der Waals surface area contributed by atoms with Gasteiger partial charge >= 0.3 is 0 Å². The maximum absolute atomic E-state index is 11.6. The normalized spacial score (nSPS) is 11.3. The van der Waals surface area contributed by atoms with Crippen molar-refractivity contribution in [3.8, 4) is 0 Å². The summed E-state index contributed by atoms with van der Waals surface area (Å²) in [6, 6.07) is 9.93. The van der Waals surface area contributed by atoms with Crippen LogP contribution >= 0.6 is 0 Å². The standard InChI is InChI=1S/C15H22N2O/c1-3-5-7-12-15(18)17-16-14(4-2)13-10-8-6-9-11-13/h6,8-11H,3-5,7,12H2,1-2H3,(H,17,18). The summed E-state index contributed by atoms with van der Waals surface area (Å²) in [6.45, 7) is 4.16. The van der Waals surface area contributed by atoms with Gasteiger partial charge in [-0.05, 0) is 18.4 Å². The van der Waals surface area contributed by atoms with Crippen LogP contribution in [-0.4, -0.2) is 11.6 Å². The Hall–Kier alpha value is -1.64. The average molecular weight is 246 g/mol. The summed E-state index contributed by atoms with van der Waals surface area (Å²) in [4.78, 5) is 11.6. The average Bonchev–Trinajstić information content (AvgIpc) is 2.41. The Kier molecular flexibility index (Phi) is 6.77. The molecule has 18 heavy (non-hydrogen) atoms. The van der Waals surface area contributed by atoms with Crippen LogP contribution in [0.25, 0.3) is 0 Å². The molecule has 1 aromatic carbocycles. The molecule has 3 heteroatoms. The zero-order valence-corrected chi connectivity index (χ0v) is 11.3. The fourth-order valence-electron chi connectivity index (χ4n) is 1.70. The topological polar surface area (TPSA) is 41.5 Å². The van der Waals surface area contributed by atoms with Crippen LogP contribution in [0.2, 0.25) is 0 Å². The Morgan fingerprint density at radius 3 is 2.50 bits per heavy atom. The minimum absolute atomic E-state index is 0.00494. The predicted molar refractivity (Wildman–Crippen MR) is 75.6 cm³/mol. The zero-order valence-electron chi connectivity index (χ0n) is 11.3. The number of hydrogen-bond acceptors (Lipinski definition) is 2. The van der Waals surface area contributed by atoms with Crippen molar-refractivity contribution >= 4 is 11.6 Å². The van der Waals surface area contributed by atoms with Gasteiger partial charge in [-0.2, -0.15) is 5.10 Å². The van der Waals surface area contributed by atoms with E-state index in [9.17, 15) is 4.79 Å². The number of hydrogen-bond donors (Lipinski definition) is 1. The van der Waals surface area contributed by atoms with Crippen molar-refractivity contribution in [3.63, 3.8) is 0 Å². The van der Waals surface area contributed by atoms with Crippen LogP contribution in [-0.2, 0) is 4.79 Å². The van der Waals surface area contributed by atoms with E-state index in [0.29, 0.717) is 6.42 Å². The smallest absolute Gasteiger partial charge is 0.240 e. The van der Waals surface area contributed by atoms with E-state index in [1.54, 1.807) is 0 Å². The summed E-state index contributed by atoms with van der Waals surface area (Å²) in [6.07, 6.45) is 4.52. The van der Waals surface area contributed by atoms with Gasteiger partial charge in [-0.25, -0.2) is 5.43 Å². The second kappa shape index (κ2) is 8.45. The van der Waals surface area contributed by atoms with Crippen LogP contribution in [0.3, 0.4) is 0 Å². The predicted octanol–water partition coefficient (Wildman–Crippen LogP) is 3.50. The molecule has 98 valence electrons. The molecule has 1 amide bonds. The highest BCUT2D eigenvalue weighted by molar-refractivity contribution is 6.00. The molecule has 0 atom stereocenters. The molecule has 0 bridgehead atoms. The molecule has 0 saturated carbocycles. The fraction of sp³-hybridized carbons (Fsp3) is 0.467. The highest BCUT2D eigenvalue weighted by Gasteiger charge is 2.02. The molecule has 0 aliphatic carbocycles. The van der Waals surface area contributed by atoms with Crippen molar-refractivity contribution in [1.29, 1.82) is 0 Å². The third kappa shape index (κ3) is 5.13. The van der Waals surface area contributed by atoms with Gasteiger partial charge in [0.25, 0.3) is 0 Å². The minimum atomic E-state index is 0.00494. The van der Waals surface area contributed by atoms with Crippen molar-refractivity contribution in [3.05, 3.63) is 35.9 Å². The van der Waals surface area contributed by atoms with Crippen LogP contribution in [0.4, 0.5) is 0 Å². The first-order valence-electron chi connectivity index (χ1n) is 6.68. The Balaban J connectivity index is 2.51. The molecule has 0 aromatic heterocycles. The summed E-state index contributed by atoms with van der Waals surface area (Å²) in [5.41, 5.74) is 4.62. The lowest BCUT2D eigenvalue weighted by Gasteiger charge is -2.05. The third-order valence-corrected chi connectivity index (χ3v) is 2.76. The first-order chi connectivity index (χ1) is 8.77. The molecule has 0 aliphatic heterocycles. The third-order valence-electron chi connectivity index (χ3n) is 2.76. The molecule has 3 nitrogen and oxygen atoms in total. The van der Waals surface area contributed by atoms with Gasteiger partial charge in [-0.15, -0.1) is 0 Å². The van der Waals surface area contributed by atoms with Crippen molar-refractivity contribution in [2.75, 3.05) is 0 Å².